The molecule has 150 valence electrons. The van der Waals surface area contributed by atoms with Crippen molar-refractivity contribution in [2.24, 2.45) is 5.73 Å². The van der Waals surface area contributed by atoms with E-state index in [1.54, 1.807) is 0 Å². The van der Waals surface area contributed by atoms with Crippen LogP contribution in [-0.2, 0) is 0 Å². The number of nitrogens with one attached hydrogen (secondary N) is 1. The molecule has 2 aliphatic rings. The standard InChI is InChI=1S/C24H22N4O2/c25-14-19-20(15-10-12-18(13-11-15)29-17-8-4-5-9-17)21-22(16-6-2-1-3-7-16)27-28-24(21)30-23(19)26/h1-3,6-7,10-13,17,20H,4-5,8-9,26H2,(H,27,28)/t20-/m0/s1. The number of rotatable bonds is 4. The van der Waals surface area contributed by atoms with Crippen LogP contribution in [0.1, 0.15) is 42.7 Å². The van der Waals surface area contributed by atoms with E-state index in [4.69, 9.17) is 15.2 Å². The maximum Gasteiger partial charge on any atom is 0.244 e. The van der Waals surface area contributed by atoms with E-state index < -0.39 is 0 Å². The minimum absolute atomic E-state index is 0.0902. The molecule has 1 aromatic heterocycles. The third-order valence-corrected chi connectivity index (χ3v) is 5.82. The highest BCUT2D eigenvalue weighted by molar-refractivity contribution is 5.70. The lowest BCUT2D eigenvalue weighted by atomic mass is 9.83. The van der Waals surface area contributed by atoms with Crippen molar-refractivity contribution < 1.29 is 9.47 Å². The number of nitriles is 1. The van der Waals surface area contributed by atoms with Gasteiger partial charge in [0.15, 0.2) is 0 Å². The summed E-state index contributed by atoms with van der Waals surface area (Å²) in [5, 5.41) is 17.2. The first kappa shape index (κ1) is 18.3. The van der Waals surface area contributed by atoms with Crippen LogP contribution in [0.4, 0.5) is 0 Å². The number of hydrogen-bond acceptors (Lipinski definition) is 5. The molecule has 3 aromatic rings. The van der Waals surface area contributed by atoms with Crippen LogP contribution in [0.3, 0.4) is 0 Å². The maximum atomic E-state index is 9.84. The summed E-state index contributed by atoms with van der Waals surface area (Å²) < 4.78 is 11.8. The number of aromatic nitrogens is 2. The third kappa shape index (κ3) is 3.18. The molecular formula is C24H22N4O2. The van der Waals surface area contributed by atoms with Gasteiger partial charge in [-0.1, -0.05) is 42.5 Å². The van der Waals surface area contributed by atoms with E-state index in [0.717, 1.165) is 41.0 Å². The molecule has 0 bridgehead atoms. The molecule has 30 heavy (non-hydrogen) atoms. The molecule has 5 rings (SSSR count). The first-order chi connectivity index (χ1) is 14.7. The van der Waals surface area contributed by atoms with Gasteiger partial charge in [-0.05, 0) is 48.9 Å². The van der Waals surface area contributed by atoms with E-state index in [9.17, 15) is 5.26 Å². The van der Waals surface area contributed by atoms with Crippen LogP contribution in [0.5, 0.6) is 11.6 Å². The van der Waals surface area contributed by atoms with Gasteiger partial charge in [-0.2, -0.15) is 5.26 Å². The third-order valence-electron chi connectivity index (χ3n) is 5.82. The van der Waals surface area contributed by atoms with Crippen LogP contribution >= 0.6 is 0 Å². The Morgan fingerprint density at radius 1 is 1.07 bits per heavy atom. The Morgan fingerprint density at radius 3 is 2.50 bits per heavy atom. The summed E-state index contributed by atoms with van der Waals surface area (Å²) in [7, 11) is 0. The minimum atomic E-state index is -0.367. The van der Waals surface area contributed by atoms with Gasteiger partial charge in [0.1, 0.15) is 17.4 Å². The highest BCUT2D eigenvalue weighted by Crippen LogP contribution is 2.45. The lowest BCUT2D eigenvalue weighted by molar-refractivity contribution is 0.210. The van der Waals surface area contributed by atoms with Crippen LogP contribution < -0.4 is 15.2 Å². The average Bonchev–Trinajstić information content (AvgIpc) is 3.44. The molecule has 0 amide bonds. The summed E-state index contributed by atoms with van der Waals surface area (Å²) in [6.45, 7) is 0. The minimum Gasteiger partial charge on any atom is -0.490 e. The molecule has 2 heterocycles. The van der Waals surface area contributed by atoms with E-state index >= 15 is 0 Å². The molecule has 2 aromatic carbocycles. The van der Waals surface area contributed by atoms with Gasteiger partial charge in [-0.3, -0.25) is 5.10 Å². The number of allylic oxidation sites excluding steroid dienone is 1. The van der Waals surface area contributed by atoms with Gasteiger partial charge in [0.2, 0.25) is 11.8 Å². The maximum absolute atomic E-state index is 9.84. The molecule has 1 fully saturated rings. The Balaban J connectivity index is 1.55. The van der Waals surface area contributed by atoms with Crippen molar-refractivity contribution >= 4 is 0 Å². The highest BCUT2D eigenvalue weighted by Gasteiger charge is 2.35. The smallest absolute Gasteiger partial charge is 0.244 e. The first-order valence-corrected chi connectivity index (χ1v) is 10.2. The van der Waals surface area contributed by atoms with Crippen LogP contribution in [0, 0.1) is 11.3 Å². The summed E-state index contributed by atoms with van der Waals surface area (Å²) in [4.78, 5) is 0. The Labute approximate surface area is 174 Å². The van der Waals surface area contributed by atoms with Gasteiger partial charge in [0, 0.05) is 0 Å². The molecule has 0 saturated heterocycles. The molecule has 1 aliphatic carbocycles. The van der Waals surface area contributed by atoms with E-state index in [1.807, 2.05) is 54.6 Å². The number of fused-ring (bicyclic) bond motifs is 1. The van der Waals surface area contributed by atoms with Gasteiger partial charge in [-0.15, -0.1) is 5.10 Å². The van der Waals surface area contributed by atoms with Crippen molar-refractivity contribution in [3.63, 3.8) is 0 Å². The molecule has 1 aliphatic heterocycles. The normalized spacial score (nSPS) is 18.6. The second kappa shape index (κ2) is 7.60. The Bertz CT molecular complexity index is 1120. The van der Waals surface area contributed by atoms with E-state index in [0.29, 0.717) is 17.6 Å². The molecule has 6 nitrogen and oxygen atoms in total. The van der Waals surface area contributed by atoms with Gasteiger partial charge in [-0.25, -0.2) is 0 Å². The van der Waals surface area contributed by atoms with Crippen LogP contribution in [-0.4, -0.2) is 16.3 Å². The zero-order valence-corrected chi connectivity index (χ0v) is 16.5. The zero-order chi connectivity index (χ0) is 20.5. The van der Waals surface area contributed by atoms with Gasteiger partial charge in [0.05, 0.1) is 23.3 Å². The fourth-order valence-corrected chi connectivity index (χ4v) is 4.34. The summed E-state index contributed by atoms with van der Waals surface area (Å²) in [5.41, 5.74) is 10.0. The van der Waals surface area contributed by atoms with Crippen LogP contribution in [0.15, 0.2) is 66.1 Å². The van der Waals surface area contributed by atoms with Crippen molar-refractivity contribution in [2.75, 3.05) is 0 Å². The second-order valence-electron chi connectivity index (χ2n) is 7.70. The van der Waals surface area contributed by atoms with E-state index in [-0.39, 0.29) is 11.8 Å². The first-order valence-electron chi connectivity index (χ1n) is 10.2. The predicted molar refractivity (Wildman–Crippen MR) is 113 cm³/mol. The molecule has 0 unspecified atom stereocenters. The lowest BCUT2D eigenvalue weighted by Gasteiger charge is -2.24. The molecule has 0 radical (unpaired) electrons. The molecular weight excluding hydrogens is 376 g/mol. The second-order valence-corrected chi connectivity index (χ2v) is 7.70. The SMILES string of the molecule is N#CC1=C(N)Oc2n[nH]c(-c3ccccc3)c2[C@H]1c1ccc(OC2CCCC2)cc1. The van der Waals surface area contributed by atoms with Crippen molar-refractivity contribution in [2.45, 2.75) is 37.7 Å². The Hall–Kier alpha value is -3.72. The number of nitrogens with two attached hydrogens (primary N) is 1. The molecule has 0 spiro atoms. The van der Waals surface area contributed by atoms with Crippen molar-refractivity contribution in [1.82, 2.24) is 10.2 Å². The average molecular weight is 398 g/mol. The fraction of sp³-hybridized carbons (Fsp3) is 0.250. The Kier molecular flexibility index (Phi) is 4.64. The van der Waals surface area contributed by atoms with Crippen molar-refractivity contribution in [1.29, 1.82) is 5.26 Å². The molecule has 1 saturated carbocycles. The van der Waals surface area contributed by atoms with E-state index in [2.05, 4.69) is 16.3 Å². The molecule has 3 N–H and O–H groups in total. The summed E-state index contributed by atoms with van der Waals surface area (Å²) in [5.74, 6) is 0.978. The zero-order valence-electron chi connectivity index (χ0n) is 16.5. The highest BCUT2D eigenvalue weighted by atomic mass is 16.5. The van der Waals surface area contributed by atoms with Gasteiger partial charge >= 0.3 is 0 Å². The van der Waals surface area contributed by atoms with Crippen molar-refractivity contribution in [3.8, 4) is 29.0 Å². The summed E-state index contributed by atoms with van der Waals surface area (Å²) in [6.07, 6.45) is 4.98. The lowest BCUT2D eigenvalue weighted by Crippen LogP contribution is -2.21. The largest absolute Gasteiger partial charge is 0.490 e. The van der Waals surface area contributed by atoms with Crippen LogP contribution in [0.2, 0.25) is 0 Å². The summed E-state index contributed by atoms with van der Waals surface area (Å²) >= 11 is 0. The predicted octanol–water partition coefficient (Wildman–Crippen LogP) is 4.62. The number of aromatic amines is 1. The topological polar surface area (TPSA) is 97.0 Å². The quantitative estimate of drug-likeness (QED) is 0.668. The monoisotopic (exact) mass is 398 g/mol. The fourth-order valence-electron chi connectivity index (χ4n) is 4.34. The molecule has 1 atom stereocenters. The number of nitrogens with zero attached hydrogens (tertiary/aromatic N) is 2. The summed E-state index contributed by atoms with van der Waals surface area (Å²) in [6, 6.07) is 20.1. The number of ether oxygens (including phenoxy) is 2. The molecule has 6 heteroatoms. The number of benzene rings is 2. The van der Waals surface area contributed by atoms with E-state index in [1.165, 1.54) is 12.8 Å². The number of hydrogen-bond donors (Lipinski definition) is 2. The Morgan fingerprint density at radius 2 is 1.80 bits per heavy atom. The van der Waals surface area contributed by atoms with Crippen molar-refractivity contribution in [3.05, 3.63) is 77.2 Å². The van der Waals surface area contributed by atoms with Gasteiger partial charge < -0.3 is 15.2 Å². The van der Waals surface area contributed by atoms with Gasteiger partial charge in [0.25, 0.3) is 0 Å². The number of H-pyrrole nitrogens is 1. The van der Waals surface area contributed by atoms with Crippen LogP contribution in [0.25, 0.3) is 11.3 Å².